The smallest absolute Gasteiger partial charge is 1.00 e. The number of anilines is 1. The minimum atomic E-state index is -1.75. The Morgan fingerprint density at radius 2 is 1.50 bits per heavy atom. The summed E-state index contributed by atoms with van der Waals surface area (Å²) in [6.07, 6.45) is 0. The summed E-state index contributed by atoms with van der Waals surface area (Å²) in [6, 6.07) is 10.8. The van der Waals surface area contributed by atoms with Crippen molar-refractivity contribution < 1.29 is 45.5 Å². The molecular formula is C17H25Cl2NSiZr. The quantitative estimate of drug-likeness (QED) is 0.613. The molecule has 0 aliphatic heterocycles. The Hall–Kier alpha value is 0.180. The van der Waals surface area contributed by atoms with E-state index in [2.05, 4.69) is 74.4 Å². The number of para-hydroxylation sites is 1. The van der Waals surface area contributed by atoms with Crippen molar-refractivity contribution in [2.45, 2.75) is 40.8 Å². The summed E-state index contributed by atoms with van der Waals surface area (Å²) >= 11 is -1.75. The van der Waals surface area contributed by atoms with Crippen molar-refractivity contribution in [2.75, 3.05) is 3.26 Å². The number of rotatable bonds is 3. The molecule has 1 aromatic carbocycles. The van der Waals surface area contributed by atoms with Crippen molar-refractivity contribution in [1.82, 2.24) is 0 Å². The molecule has 1 unspecified atom stereocenters. The molecule has 0 amide bonds. The van der Waals surface area contributed by atoms with Crippen LogP contribution in [0.5, 0.6) is 0 Å². The maximum atomic E-state index is 3.98. The Morgan fingerprint density at radius 3 is 1.91 bits per heavy atom. The second-order valence-electron chi connectivity index (χ2n) is 5.93. The topological polar surface area (TPSA) is 12.0 Å². The molecule has 0 heterocycles. The van der Waals surface area contributed by atoms with E-state index < -0.39 is 20.7 Å². The number of hydrogen-bond donors (Lipinski definition) is 1. The molecule has 2 rings (SSSR count). The fourth-order valence-corrected chi connectivity index (χ4v) is 17.2. The first-order chi connectivity index (χ1) is 9.43. The predicted octanol–water partition coefficient (Wildman–Crippen LogP) is -0.849. The second kappa shape index (κ2) is 9.47. The minimum Gasteiger partial charge on any atom is -1.00 e. The van der Waals surface area contributed by atoms with E-state index in [0.717, 1.165) is 0 Å². The van der Waals surface area contributed by atoms with Crippen molar-refractivity contribution in [3.05, 3.63) is 50.3 Å². The molecule has 22 heavy (non-hydrogen) atoms. The first-order valence-electron chi connectivity index (χ1n) is 7.32. The average molecular weight is 434 g/mol. The van der Waals surface area contributed by atoms with Crippen LogP contribution in [0.4, 0.5) is 5.69 Å². The van der Waals surface area contributed by atoms with E-state index in [1.54, 1.807) is 16.7 Å². The predicted molar refractivity (Wildman–Crippen MR) is 87.8 cm³/mol. The van der Waals surface area contributed by atoms with Gasteiger partial charge in [-0.15, -0.1) is 0 Å². The zero-order chi connectivity index (χ0) is 14.9. The molecule has 5 heteroatoms. The summed E-state index contributed by atoms with van der Waals surface area (Å²) < 4.78 is 5.79. The Kier molecular flexibility index (Phi) is 9.55. The molecule has 1 aliphatic rings. The third-order valence-electron chi connectivity index (χ3n) is 4.45. The van der Waals surface area contributed by atoms with Gasteiger partial charge in [-0.05, 0) is 0 Å². The summed E-state index contributed by atoms with van der Waals surface area (Å²) in [7, 11) is 0. The third-order valence-corrected chi connectivity index (χ3v) is 19.8. The van der Waals surface area contributed by atoms with E-state index in [-0.39, 0.29) is 30.2 Å². The van der Waals surface area contributed by atoms with E-state index in [1.807, 2.05) is 3.28 Å². The fourth-order valence-electron chi connectivity index (χ4n) is 2.90. The van der Waals surface area contributed by atoms with Crippen molar-refractivity contribution in [3.8, 4) is 0 Å². The van der Waals surface area contributed by atoms with Gasteiger partial charge in [0.1, 0.15) is 0 Å². The van der Waals surface area contributed by atoms with Gasteiger partial charge in [0.2, 0.25) is 0 Å². The molecule has 1 nitrogen and oxygen atoms in total. The van der Waals surface area contributed by atoms with Crippen LogP contribution in [0, 0.1) is 5.92 Å². The van der Waals surface area contributed by atoms with Crippen molar-refractivity contribution in [2.24, 2.45) is 5.92 Å². The summed E-state index contributed by atoms with van der Waals surface area (Å²) in [5.41, 5.74) is 5.79. The first kappa shape index (κ1) is 22.2. The molecule has 0 radical (unpaired) electrons. The number of benzene rings is 1. The van der Waals surface area contributed by atoms with Gasteiger partial charge in [0, 0.05) is 0 Å². The maximum absolute atomic E-state index is 3.98. The molecular weight excluding hydrogens is 408 g/mol. The van der Waals surface area contributed by atoms with Crippen LogP contribution in [0.2, 0.25) is 13.1 Å². The van der Waals surface area contributed by atoms with Gasteiger partial charge in [0.25, 0.3) is 0 Å². The van der Waals surface area contributed by atoms with Crippen molar-refractivity contribution in [1.29, 1.82) is 0 Å². The monoisotopic (exact) mass is 431 g/mol. The van der Waals surface area contributed by atoms with Crippen LogP contribution in [-0.4, -0.2) is 5.43 Å². The van der Waals surface area contributed by atoms with Gasteiger partial charge in [0.15, 0.2) is 0 Å². The molecule has 1 N–H and O–H groups in total. The Morgan fingerprint density at radius 1 is 0.955 bits per heavy atom. The second-order valence-corrected chi connectivity index (χ2v) is 22.0. The molecule has 1 atom stereocenters. The zero-order valence-corrected chi connectivity index (χ0v) is 19.2. The van der Waals surface area contributed by atoms with Crippen molar-refractivity contribution in [3.63, 3.8) is 0 Å². The molecule has 1 aliphatic carbocycles. The fraction of sp³-hybridized carbons (Fsp3) is 0.412. The maximum Gasteiger partial charge on any atom is -1.00 e. The van der Waals surface area contributed by atoms with Crippen LogP contribution in [0.3, 0.4) is 0 Å². The van der Waals surface area contributed by atoms with E-state index in [1.165, 1.54) is 5.69 Å². The van der Waals surface area contributed by atoms with Gasteiger partial charge in [-0.2, -0.15) is 0 Å². The molecule has 0 fully saturated rings. The first-order valence-corrected chi connectivity index (χ1v) is 16.0. The number of hydrogen-bond acceptors (Lipinski definition) is 1. The zero-order valence-electron chi connectivity index (χ0n) is 14.2. The van der Waals surface area contributed by atoms with Gasteiger partial charge >= 0.3 is 132 Å². The van der Waals surface area contributed by atoms with E-state index in [4.69, 9.17) is 0 Å². The van der Waals surface area contributed by atoms with Crippen LogP contribution in [0.25, 0.3) is 0 Å². The molecule has 0 saturated heterocycles. The number of nitrogens with one attached hydrogen (secondary N) is 1. The van der Waals surface area contributed by atoms with Gasteiger partial charge < -0.3 is 24.8 Å². The standard InChI is InChI=1S/C9H13.C6H6N.C2H6Si.2ClH.Zr/c1-6-5-7(2)9(4)8(6)3;7-6-4-2-1-3-5-6;1-3-2;;;/h6H,1-4H3;1-5,7H;1-2H3;2*1H;/q;-1;;;;+3/p-2. The Labute approximate surface area is 156 Å². The van der Waals surface area contributed by atoms with Crippen LogP contribution >= 0.6 is 0 Å². The molecule has 0 bridgehead atoms. The molecule has 1 aromatic rings. The van der Waals surface area contributed by atoms with E-state index in [0.29, 0.717) is 5.92 Å². The normalized spacial score (nSPS) is 16.5. The summed E-state index contributed by atoms with van der Waals surface area (Å²) in [5, 5.41) is 0. The molecule has 0 saturated carbocycles. The Bertz CT molecular complexity index is 617. The van der Waals surface area contributed by atoms with Gasteiger partial charge in [-0.3, -0.25) is 0 Å². The third kappa shape index (κ3) is 4.60. The SMILES string of the molecule is CC1=C(C)C(C)[C]([Zr+2]([NH]c2ccccc2)=[Si](C)C)=C1C.[Cl-].[Cl-]. The summed E-state index contributed by atoms with van der Waals surface area (Å²) in [6.45, 7) is 14.3. The van der Waals surface area contributed by atoms with Gasteiger partial charge in [-0.25, -0.2) is 0 Å². The van der Waals surface area contributed by atoms with E-state index >= 15 is 0 Å². The number of halogens is 2. The molecule has 120 valence electrons. The largest absolute Gasteiger partial charge is 1.00 e. The average Bonchev–Trinajstić information content (AvgIpc) is 2.62. The van der Waals surface area contributed by atoms with Gasteiger partial charge in [0.05, 0.1) is 0 Å². The van der Waals surface area contributed by atoms with Crippen molar-refractivity contribution >= 4 is 11.1 Å². The Balaban J connectivity index is 0.00000220. The summed E-state index contributed by atoms with van der Waals surface area (Å²) in [4.78, 5) is 0. The van der Waals surface area contributed by atoms with Crippen LogP contribution < -0.4 is 28.1 Å². The molecule has 0 spiro atoms. The minimum absolute atomic E-state index is 0. The molecule has 0 aromatic heterocycles. The number of allylic oxidation sites excluding steroid dienone is 4. The van der Waals surface area contributed by atoms with Crippen LogP contribution in [-0.2, 0) is 20.7 Å². The summed E-state index contributed by atoms with van der Waals surface area (Å²) in [5.74, 6) is 0.667. The van der Waals surface area contributed by atoms with Gasteiger partial charge in [-0.1, -0.05) is 0 Å². The van der Waals surface area contributed by atoms with E-state index in [9.17, 15) is 0 Å². The van der Waals surface area contributed by atoms with Crippen LogP contribution in [0.15, 0.2) is 50.3 Å². The van der Waals surface area contributed by atoms with Crippen LogP contribution in [0.1, 0.15) is 27.7 Å².